The van der Waals surface area contributed by atoms with Crippen LogP contribution in [0.5, 0.6) is 0 Å². The molecule has 0 spiro atoms. The topological polar surface area (TPSA) is 12.9 Å². The fourth-order valence-corrected chi connectivity index (χ4v) is 1.79. The molecule has 0 saturated heterocycles. The third-order valence-electron chi connectivity index (χ3n) is 2.11. The van der Waals surface area contributed by atoms with Crippen LogP contribution in [0.1, 0.15) is 25.3 Å². The molecule has 96 valence electrons. The Morgan fingerprint density at radius 3 is 2.53 bits per heavy atom. The van der Waals surface area contributed by atoms with E-state index in [1.807, 2.05) is 6.92 Å². The SMILES string of the molecule is CCCCc1ccc(SC(F)(F)C(F)F)nc1. The summed E-state index contributed by atoms with van der Waals surface area (Å²) in [5.74, 6) is 0. The van der Waals surface area contributed by atoms with Gasteiger partial charge in [-0.2, -0.15) is 8.78 Å². The van der Waals surface area contributed by atoms with Gasteiger partial charge in [-0.1, -0.05) is 19.4 Å². The van der Waals surface area contributed by atoms with Gasteiger partial charge in [-0.3, -0.25) is 0 Å². The minimum absolute atomic E-state index is 0.0875. The average molecular weight is 267 g/mol. The molecule has 0 saturated carbocycles. The molecule has 1 nitrogen and oxygen atoms in total. The number of thioether (sulfide) groups is 1. The second-order valence-electron chi connectivity index (χ2n) is 3.57. The van der Waals surface area contributed by atoms with Gasteiger partial charge in [0.05, 0.1) is 0 Å². The summed E-state index contributed by atoms with van der Waals surface area (Å²) in [6, 6.07) is 3.00. The molecule has 0 radical (unpaired) electrons. The molecule has 0 bridgehead atoms. The molecule has 0 N–H and O–H groups in total. The van der Waals surface area contributed by atoms with Crippen molar-refractivity contribution < 1.29 is 17.6 Å². The number of pyridine rings is 1. The number of halogens is 4. The van der Waals surface area contributed by atoms with Crippen LogP contribution in [0.25, 0.3) is 0 Å². The Balaban J connectivity index is 2.62. The molecule has 1 aromatic heterocycles. The summed E-state index contributed by atoms with van der Waals surface area (Å²) in [6.45, 7) is 2.04. The maximum Gasteiger partial charge on any atom is 0.359 e. The molecule has 0 aliphatic rings. The summed E-state index contributed by atoms with van der Waals surface area (Å²) in [5.41, 5.74) is 0.927. The monoisotopic (exact) mass is 267 g/mol. The lowest BCUT2D eigenvalue weighted by molar-refractivity contribution is -0.0564. The van der Waals surface area contributed by atoms with Crippen molar-refractivity contribution in [3.8, 4) is 0 Å². The zero-order valence-corrected chi connectivity index (χ0v) is 10.1. The molecule has 1 rings (SSSR count). The van der Waals surface area contributed by atoms with Crippen molar-refractivity contribution in [2.24, 2.45) is 0 Å². The van der Waals surface area contributed by atoms with Crippen LogP contribution in [0.2, 0.25) is 0 Å². The van der Waals surface area contributed by atoms with Crippen LogP contribution < -0.4 is 0 Å². The first-order chi connectivity index (χ1) is 7.95. The zero-order valence-electron chi connectivity index (χ0n) is 9.30. The van der Waals surface area contributed by atoms with Crippen molar-refractivity contribution in [3.63, 3.8) is 0 Å². The van der Waals surface area contributed by atoms with Gasteiger partial charge in [-0.15, -0.1) is 0 Å². The van der Waals surface area contributed by atoms with Crippen LogP contribution in [-0.4, -0.2) is 16.7 Å². The molecule has 1 aromatic rings. The van der Waals surface area contributed by atoms with E-state index < -0.39 is 11.7 Å². The molecule has 6 heteroatoms. The van der Waals surface area contributed by atoms with E-state index in [0.717, 1.165) is 24.8 Å². The molecule has 0 aliphatic heterocycles. The Morgan fingerprint density at radius 1 is 1.35 bits per heavy atom. The van der Waals surface area contributed by atoms with E-state index >= 15 is 0 Å². The van der Waals surface area contributed by atoms with E-state index in [-0.39, 0.29) is 16.8 Å². The van der Waals surface area contributed by atoms with Crippen molar-refractivity contribution in [2.75, 3.05) is 0 Å². The molecule has 0 unspecified atom stereocenters. The number of hydrogen-bond donors (Lipinski definition) is 0. The molecule has 0 aliphatic carbocycles. The highest BCUT2D eigenvalue weighted by molar-refractivity contribution is 8.00. The maximum absolute atomic E-state index is 12.7. The minimum atomic E-state index is -4.09. The largest absolute Gasteiger partial charge is 0.359 e. The Morgan fingerprint density at radius 2 is 2.06 bits per heavy atom. The average Bonchev–Trinajstić information content (AvgIpc) is 2.27. The lowest BCUT2D eigenvalue weighted by Crippen LogP contribution is -2.21. The van der Waals surface area contributed by atoms with Crippen molar-refractivity contribution in [2.45, 2.75) is 42.9 Å². The zero-order chi connectivity index (χ0) is 12.9. The molecule has 1 heterocycles. The van der Waals surface area contributed by atoms with Gasteiger partial charge in [-0.25, -0.2) is 13.8 Å². The first-order valence-electron chi connectivity index (χ1n) is 5.25. The number of alkyl halides is 4. The molecule has 0 aromatic carbocycles. The molecule has 17 heavy (non-hydrogen) atoms. The number of unbranched alkanes of at least 4 members (excludes halogenated alkanes) is 1. The summed E-state index contributed by atoms with van der Waals surface area (Å²) in [5, 5.41) is -4.17. The normalized spacial score (nSPS) is 12.1. The first-order valence-corrected chi connectivity index (χ1v) is 6.07. The summed E-state index contributed by atoms with van der Waals surface area (Å²) in [7, 11) is 0. The van der Waals surface area contributed by atoms with Crippen molar-refractivity contribution in [3.05, 3.63) is 23.9 Å². The summed E-state index contributed by atoms with van der Waals surface area (Å²) >= 11 is -0.208. The molecular weight excluding hydrogens is 254 g/mol. The fraction of sp³-hybridized carbons (Fsp3) is 0.545. The highest BCUT2D eigenvalue weighted by atomic mass is 32.2. The van der Waals surface area contributed by atoms with Crippen LogP contribution in [0.3, 0.4) is 0 Å². The second-order valence-corrected chi connectivity index (χ2v) is 4.74. The second kappa shape index (κ2) is 6.23. The summed E-state index contributed by atoms with van der Waals surface area (Å²) < 4.78 is 49.3. The summed E-state index contributed by atoms with van der Waals surface area (Å²) in [4.78, 5) is 3.75. The van der Waals surface area contributed by atoms with Crippen LogP contribution in [0.4, 0.5) is 17.6 Å². The molecular formula is C11H13F4NS. The Bertz CT molecular complexity index is 340. The Hall–Kier alpha value is -0.780. The predicted molar refractivity (Wildman–Crippen MR) is 59.7 cm³/mol. The van der Waals surface area contributed by atoms with Gasteiger partial charge in [0.15, 0.2) is 0 Å². The highest BCUT2D eigenvalue weighted by Gasteiger charge is 2.42. The van der Waals surface area contributed by atoms with Crippen molar-refractivity contribution in [1.29, 1.82) is 0 Å². The lowest BCUT2D eigenvalue weighted by atomic mass is 10.1. The molecule has 0 atom stereocenters. The quantitative estimate of drug-likeness (QED) is 0.560. The number of aromatic nitrogens is 1. The van der Waals surface area contributed by atoms with Gasteiger partial charge in [0.25, 0.3) is 0 Å². The first kappa shape index (κ1) is 14.3. The predicted octanol–water partition coefficient (Wildman–Crippen LogP) is 4.37. The smallest absolute Gasteiger partial charge is 0.249 e. The third kappa shape index (κ3) is 4.53. The lowest BCUT2D eigenvalue weighted by Gasteiger charge is -2.13. The molecule has 0 amide bonds. The van der Waals surface area contributed by atoms with Crippen molar-refractivity contribution in [1.82, 2.24) is 4.98 Å². The van der Waals surface area contributed by atoms with Gasteiger partial charge in [-0.05, 0) is 36.2 Å². The van der Waals surface area contributed by atoms with E-state index in [1.165, 1.54) is 12.3 Å². The highest BCUT2D eigenvalue weighted by Crippen LogP contribution is 2.39. The number of nitrogens with zero attached hydrogens (tertiary/aromatic N) is 1. The summed E-state index contributed by atoms with van der Waals surface area (Å²) in [6.07, 6.45) is 0.606. The van der Waals surface area contributed by atoms with Gasteiger partial charge < -0.3 is 0 Å². The third-order valence-corrected chi connectivity index (χ3v) is 3.01. The number of aryl methyl sites for hydroxylation is 1. The number of hydrogen-bond acceptors (Lipinski definition) is 2. The van der Waals surface area contributed by atoms with Crippen LogP contribution in [0.15, 0.2) is 23.4 Å². The minimum Gasteiger partial charge on any atom is -0.249 e. The van der Waals surface area contributed by atoms with E-state index in [4.69, 9.17) is 0 Å². The van der Waals surface area contributed by atoms with Gasteiger partial charge in [0.2, 0.25) is 0 Å². The van der Waals surface area contributed by atoms with Gasteiger partial charge >= 0.3 is 11.7 Å². The van der Waals surface area contributed by atoms with E-state index in [9.17, 15) is 17.6 Å². The van der Waals surface area contributed by atoms with E-state index in [0.29, 0.717) is 0 Å². The Kier molecular flexibility index (Phi) is 5.24. The van der Waals surface area contributed by atoms with Crippen LogP contribution >= 0.6 is 11.8 Å². The number of rotatable bonds is 6. The van der Waals surface area contributed by atoms with Gasteiger partial charge in [0, 0.05) is 6.20 Å². The molecule has 0 fully saturated rings. The Labute approximate surface area is 102 Å². The van der Waals surface area contributed by atoms with Crippen LogP contribution in [0, 0.1) is 0 Å². The standard InChI is InChI=1S/C11H13F4NS/c1-2-3-4-8-5-6-9(16-7-8)17-11(14,15)10(12)13/h5-7,10H,2-4H2,1H3. The van der Waals surface area contributed by atoms with E-state index in [2.05, 4.69) is 4.98 Å². The maximum atomic E-state index is 12.7. The fourth-order valence-electron chi connectivity index (χ4n) is 1.18. The van der Waals surface area contributed by atoms with E-state index in [1.54, 1.807) is 6.07 Å². The van der Waals surface area contributed by atoms with Crippen molar-refractivity contribution >= 4 is 11.8 Å². The van der Waals surface area contributed by atoms with Crippen LogP contribution in [-0.2, 0) is 6.42 Å². The van der Waals surface area contributed by atoms with Gasteiger partial charge in [0.1, 0.15) is 5.03 Å².